The minimum atomic E-state index is -4.23. The van der Waals surface area contributed by atoms with E-state index in [4.69, 9.17) is 27.9 Å². The molecule has 0 spiro atoms. The Morgan fingerprint density at radius 1 is 1.16 bits per heavy atom. The maximum atomic E-state index is 13.1. The second-order valence-electron chi connectivity index (χ2n) is 7.63. The zero-order valence-electron chi connectivity index (χ0n) is 17.6. The van der Waals surface area contributed by atoms with Crippen LogP contribution in [0.25, 0.3) is 4.72 Å². The third-order valence-corrected chi connectivity index (χ3v) is 7.36. The predicted octanol–water partition coefficient (Wildman–Crippen LogP) is 3.15. The van der Waals surface area contributed by atoms with Crippen LogP contribution in [0.2, 0.25) is 10.0 Å². The molecule has 0 atom stereocenters. The molecular weight excluding hydrogens is 461 g/mol. The monoisotopic (exact) mass is 485 g/mol. The fraction of sp³-hybridized carbons (Fsp3) is 0.381. The molecule has 7 nitrogen and oxygen atoms in total. The van der Waals surface area contributed by atoms with Crippen LogP contribution < -0.4 is 9.64 Å². The summed E-state index contributed by atoms with van der Waals surface area (Å²) in [6, 6.07) is 8.80. The van der Waals surface area contributed by atoms with Gasteiger partial charge in [-0.15, -0.1) is 5.69 Å². The van der Waals surface area contributed by atoms with Crippen LogP contribution in [0.4, 0.5) is 5.69 Å². The molecule has 1 aliphatic heterocycles. The standard InChI is InChI=1S/C21H24Cl2N3O4S/c1-25-10-8-16(9-11-25)26(2)21(27)14-4-7-19(30-3)20(12-14)31(28,29)24-18-13-15(22)5-6-17(18)23/h4-7,12-13,16H,8-11H2,1-3H3/q-1/p+1. The summed E-state index contributed by atoms with van der Waals surface area (Å²) < 4.78 is 35.1. The van der Waals surface area contributed by atoms with Crippen molar-refractivity contribution in [3.05, 3.63) is 56.7 Å². The number of nitrogens with zero attached hydrogens (tertiary/aromatic N) is 2. The van der Waals surface area contributed by atoms with Crippen molar-refractivity contribution in [3.8, 4) is 5.75 Å². The molecule has 3 rings (SSSR count). The van der Waals surface area contributed by atoms with Gasteiger partial charge in [0, 0.05) is 41.5 Å². The third kappa shape index (κ3) is 5.44. The van der Waals surface area contributed by atoms with E-state index in [1.54, 1.807) is 18.0 Å². The van der Waals surface area contributed by atoms with Crippen LogP contribution in [-0.4, -0.2) is 59.6 Å². The number of halogens is 2. The molecule has 1 saturated heterocycles. The first-order valence-electron chi connectivity index (χ1n) is 9.82. The molecule has 0 saturated carbocycles. The molecule has 2 aromatic carbocycles. The van der Waals surface area contributed by atoms with Gasteiger partial charge in [-0.05, 0) is 30.3 Å². The molecule has 1 amide bonds. The number of hydrogen-bond donors (Lipinski definition) is 1. The van der Waals surface area contributed by atoms with Crippen LogP contribution in [0.5, 0.6) is 5.75 Å². The number of rotatable bonds is 6. The molecule has 0 bridgehead atoms. The highest BCUT2D eigenvalue weighted by molar-refractivity contribution is 7.94. The van der Waals surface area contributed by atoms with Crippen LogP contribution in [0.3, 0.4) is 0 Å². The van der Waals surface area contributed by atoms with Gasteiger partial charge in [-0.25, -0.2) is 8.42 Å². The predicted molar refractivity (Wildman–Crippen MR) is 121 cm³/mol. The Kier molecular flexibility index (Phi) is 7.36. The molecule has 1 aliphatic rings. The molecule has 2 aromatic rings. The lowest BCUT2D eigenvalue weighted by atomic mass is 10.0. The first-order chi connectivity index (χ1) is 14.6. The number of amides is 1. The fourth-order valence-corrected chi connectivity index (χ4v) is 5.16. The number of carbonyl (C=O) groups is 1. The van der Waals surface area contributed by atoms with Crippen molar-refractivity contribution in [1.29, 1.82) is 0 Å². The van der Waals surface area contributed by atoms with Gasteiger partial charge in [0.1, 0.15) is 15.8 Å². The Morgan fingerprint density at radius 3 is 2.48 bits per heavy atom. The van der Waals surface area contributed by atoms with Crippen molar-refractivity contribution in [1.82, 2.24) is 4.90 Å². The van der Waals surface area contributed by atoms with Crippen LogP contribution in [0.1, 0.15) is 23.2 Å². The van der Waals surface area contributed by atoms with Crippen LogP contribution in [0.15, 0.2) is 41.3 Å². The Hall–Kier alpha value is -2.00. The zero-order valence-corrected chi connectivity index (χ0v) is 19.9. The van der Waals surface area contributed by atoms with Gasteiger partial charge in [0.15, 0.2) is 0 Å². The average Bonchev–Trinajstić information content (AvgIpc) is 2.75. The number of likely N-dealkylation sites (tertiary alicyclic amines) is 1. The van der Waals surface area contributed by atoms with Gasteiger partial charge in [0.25, 0.3) is 5.91 Å². The number of piperidine rings is 1. The van der Waals surface area contributed by atoms with Crippen LogP contribution >= 0.6 is 23.2 Å². The Balaban J connectivity index is 1.91. The number of carbonyl (C=O) groups excluding carboxylic acids is 1. The van der Waals surface area contributed by atoms with Crippen molar-refractivity contribution in [2.75, 3.05) is 34.3 Å². The van der Waals surface area contributed by atoms with Gasteiger partial charge in [-0.2, -0.15) is 0 Å². The van der Waals surface area contributed by atoms with E-state index in [-0.39, 0.29) is 38.9 Å². The summed E-state index contributed by atoms with van der Waals surface area (Å²) in [5, 5.41) is 0.444. The summed E-state index contributed by atoms with van der Waals surface area (Å²) in [5.41, 5.74) is 0.263. The highest BCUT2D eigenvalue weighted by Crippen LogP contribution is 2.38. The largest absolute Gasteiger partial charge is 0.571 e. The molecular formula is C21H25Cl2N3O4S. The van der Waals surface area contributed by atoms with Crippen molar-refractivity contribution < 1.29 is 22.8 Å². The van der Waals surface area contributed by atoms with Crippen molar-refractivity contribution in [2.45, 2.75) is 23.8 Å². The Labute approximate surface area is 192 Å². The van der Waals surface area contributed by atoms with Crippen LogP contribution in [0, 0.1) is 0 Å². The van der Waals surface area contributed by atoms with E-state index in [1.807, 2.05) is 0 Å². The summed E-state index contributed by atoms with van der Waals surface area (Å²) in [5.74, 6) is -0.159. The molecule has 0 aliphatic carbocycles. The van der Waals surface area contributed by atoms with E-state index in [0.717, 1.165) is 25.9 Å². The third-order valence-electron chi connectivity index (χ3n) is 5.49. The quantitative estimate of drug-likeness (QED) is 0.680. The molecule has 0 radical (unpaired) electrons. The molecule has 0 unspecified atom stereocenters. The van der Waals surface area contributed by atoms with E-state index < -0.39 is 10.0 Å². The number of quaternary nitrogens is 1. The lowest BCUT2D eigenvalue weighted by molar-refractivity contribution is -0.885. The zero-order chi connectivity index (χ0) is 22.8. The normalized spacial score (nSPS) is 19.0. The highest BCUT2D eigenvalue weighted by Gasteiger charge is 2.27. The maximum Gasteiger partial charge on any atom is 0.253 e. The minimum Gasteiger partial charge on any atom is -0.571 e. The summed E-state index contributed by atoms with van der Waals surface area (Å²) in [7, 11) is 1.02. The Bertz CT molecular complexity index is 1070. The number of nitrogens with one attached hydrogen (secondary N) is 1. The average molecular weight is 486 g/mol. The molecule has 1 heterocycles. The second-order valence-corrected chi connectivity index (χ2v) is 10.0. The number of benzene rings is 2. The van der Waals surface area contributed by atoms with Crippen molar-refractivity contribution in [2.24, 2.45) is 0 Å². The lowest BCUT2D eigenvalue weighted by Crippen LogP contribution is -3.10. The van der Waals surface area contributed by atoms with Crippen molar-refractivity contribution in [3.63, 3.8) is 0 Å². The molecule has 1 fully saturated rings. The molecule has 10 heteroatoms. The summed E-state index contributed by atoms with van der Waals surface area (Å²) in [6.07, 6.45) is 1.80. The van der Waals surface area contributed by atoms with Gasteiger partial charge in [-0.1, -0.05) is 29.3 Å². The van der Waals surface area contributed by atoms with Gasteiger partial charge < -0.3 is 19.3 Å². The van der Waals surface area contributed by atoms with Gasteiger partial charge >= 0.3 is 0 Å². The van der Waals surface area contributed by atoms with E-state index in [2.05, 4.69) is 11.8 Å². The van der Waals surface area contributed by atoms with Gasteiger partial charge in [0.05, 0.1) is 32.1 Å². The SMILES string of the molecule is COc1ccc(C(=O)N(C)C2CC[NH+](C)CC2)cc1S(=O)(=O)[N-]c1cc(Cl)ccc1Cl. The summed E-state index contributed by atoms with van der Waals surface area (Å²) >= 11 is 12.0. The van der Waals surface area contributed by atoms with E-state index in [0.29, 0.717) is 5.02 Å². The highest BCUT2D eigenvalue weighted by atomic mass is 35.5. The maximum absolute atomic E-state index is 13.1. The summed E-state index contributed by atoms with van der Waals surface area (Å²) in [4.78, 5) is 16.0. The number of sulfonamides is 1. The minimum absolute atomic E-state index is 0.0129. The first kappa shape index (κ1) is 23.7. The smallest absolute Gasteiger partial charge is 0.253 e. The fourth-order valence-electron chi connectivity index (χ4n) is 3.60. The summed E-state index contributed by atoms with van der Waals surface area (Å²) in [6.45, 7) is 1.98. The second kappa shape index (κ2) is 9.65. The topological polar surface area (TPSA) is 82.2 Å². The van der Waals surface area contributed by atoms with E-state index in [1.165, 1.54) is 42.3 Å². The van der Waals surface area contributed by atoms with Crippen molar-refractivity contribution >= 4 is 44.8 Å². The van der Waals surface area contributed by atoms with Gasteiger partial charge in [-0.3, -0.25) is 4.79 Å². The number of methoxy groups -OCH3 is 1. The Morgan fingerprint density at radius 2 is 1.84 bits per heavy atom. The van der Waals surface area contributed by atoms with E-state index in [9.17, 15) is 13.2 Å². The van der Waals surface area contributed by atoms with E-state index >= 15 is 0 Å². The van der Waals surface area contributed by atoms with Gasteiger partial charge in [0.2, 0.25) is 0 Å². The molecule has 31 heavy (non-hydrogen) atoms. The molecule has 0 aromatic heterocycles. The molecule has 1 N–H and O–H groups in total. The van der Waals surface area contributed by atoms with Crippen LogP contribution in [-0.2, 0) is 10.0 Å². The number of hydrogen-bond acceptors (Lipinski definition) is 4. The number of ether oxygens (including phenoxy) is 1. The first-order valence-corrected chi connectivity index (χ1v) is 12.0. The lowest BCUT2D eigenvalue weighted by Gasteiger charge is -2.33. The molecule has 168 valence electrons.